The largest absolute Gasteiger partial charge is 0.464 e. The molecular weight excluding hydrogens is 146 g/mol. The maximum Gasteiger partial charge on any atom is 0.419 e. The Hall–Kier alpha value is -0.810. The Balaban J connectivity index is 2.22. The summed E-state index contributed by atoms with van der Waals surface area (Å²) in [6.45, 7) is 3.37. The number of hydrazine groups is 1. The number of rotatable bonds is 1. The third kappa shape index (κ3) is 2.73. The molecule has 0 aromatic heterocycles. The molecule has 0 unspecified atom stereocenters. The Morgan fingerprint density at radius 1 is 1.36 bits per heavy atom. The average Bonchev–Trinajstić information content (AvgIpc) is 1.93. The Morgan fingerprint density at radius 3 is 2.36 bits per heavy atom. The SMILES string of the molecule is CN1CCN(NC(=O)O)CC1. The zero-order valence-electron chi connectivity index (χ0n) is 6.58. The third-order valence-electron chi connectivity index (χ3n) is 1.76. The maximum absolute atomic E-state index is 10.2. The molecule has 0 aromatic rings. The molecule has 0 spiro atoms. The van der Waals surface area contributed by atoms with Crippen molar-refractivity contribution in [1.29, 1.82) is 0 Å². The van der Waals surface area contributed by atoms with Gasteiger partial charge >= 0.3 is 6.09 Å². The lowest BCUT2D eigenvalue weighted by Gasteiger charge is -2.31. The van der Waals surface area contributed by atoms with Crippen LogP contribution in [0.2, 0.25) is 0 Å². The lowest BCUT2D eigenvalue weighted by molar-refractivity contribution is 0.0948. The summed E-state index contributed by atoms with van der Waals surface area (Å²) in [5.74, 6) is 0. The highest BCUT2D eigenvalue weighted by atomic mass is 16.4. The van der Waals surface area contributed by atoms with Gasteiger partial charge in [-0.15, -0.1) is 0 Å². The highest BCUT2D eigenvalue weighted by molar-refractivity contribution is 5.63. The molecule has 5 heteroatoms. The van der Waals surface area contributed by atoms with Crippen molar-refractivity contribution < 1.29 is 9.90 Å². The summed E-state index contributed by atoms with van der Waals surface area (Å²) < 4.78 is 0. The molecule has 1 aliphatic rings. The molecule has 1 aliphatic heterocycles. The molecule has 0 atom stereocenters. The second-order valence-corrected chi connectivity index (χ2v) is 2.71. The Bertz CT molecular complexity index is 143. The molecule has 11 heavy (non-hydrogen) atoms. The molecule has 0 aliphatic carbocycles. The van der Waals surface area contributed by atoms with Gasteiger partial charge in [-0.05, 0) is 7.05 Å². The van der Waals surface area contributed by atoms with E-state index in [2.05, 4.69) is 10.3 Å². The minimum Gasteiger partial charge on any atom is -0.464 e. The monoisotopic (exact) mass is 159 g/mol. The summed E-state index contributed by atoms with van der Waals surface area (Å²) in [4.78, 5) is 12.3. The smallest absolute Gasteiger partial charge is 0.419 e. The molecule has 0 saturated carbocycles. The fourth-order valence-corrected chi connectivity index (χ4v) is 1.05. The van der Waals surface area contributed by atoms with E-state index in [0.717, 1.165) is 26.2 Å². The first-order valence-electron chi connectivity index (χ1n) is 3.61. The van der Waals surface area contributed by atoms with Crippen molar-refractivity contribution in [2.24, 2.45) is 0 Å². The number of carboxylic acid groups (broad SMARTS) is 1. The molecule has 1 saturated heterocycles. The van der Waals surface area contributed by atoms with E-state index in [4.69, 9.17) is 5.11 Å². The van der Waals surface area contributed by atoms with Gasteiger partial charge in [0.05, 0.1) is 0 Å². The van der Waals surface area contributed by atoms with Gasteiger partial charge in [-0.1, -0.05) is 0 Å². The predicted molar refractivity (Wildman–Crippen MR) is 40.2 cm³/mol. The number of hydrogen-bond acceptors (Lipinski definition) is 3. The number of amides is 1. The lowest BCUT2D eigenvalue weighted by Crippen LogP contribution is -2.52. The van der Waals surface area contributed by atoms with Crippen LogP contribution in [0.3, 0.4) is 0 Å². The normalized spacial score (nSPS) is 21.5. The van der Waals surface area contributed by atoms with E-state index >= 15 is 0 Å². The second kappa shape index (κ2) is 3.54. The quantitative estimate of drug-likeness (QED) is 0.537. The molecule has 1 amide bonds. The van der Waals surface area contributed by atoms with E-state index in [9.17, 15) is 4.79 Å². The minimum atomic E-state index is -0.977. The summed E-state index contributed by atoms with van der Waals surface area (Å²) in [6, 6.07) is 0. The standard InChI is InChI=1S/C6H13N3O2/c1-8-2-4-9(5-3-8)7-6(10)11/h7H,2-5H2,1H3,(H,10,11). The number of likely N-dealkylation sites (N-methyl/N-ethyl adjacent to an activating group) is 1. The Labute approximate surface area is 65.6 Å². The van der Waals surface area contributed by atoms with Gasteiger partial charge in [-0.3, -0.25) is 5.43 Å². The van der Waals surface area contributed by atoms with Gasteiger partial charge in [0.1, 0.15) is 0 Å². The lowest BCUT2D eigenvalue weighted by atomic mass is 10.4. The van der Waals surface area contributed by atoms with Crippen LogP contribution in [-0.2, 0) is 0 Å². The zero-order chi connectivity index (χ0) is 8.27. The topological polar surface area (TPSA) is 55.8 Å². The molecule has 1 fully saturated rings. The Kier molecular flexibility index (Phi) is 2.67. The molecule has 64 valence electrons. The highest BCUT2D eigenvalue weighted by Crippen LogP contribution is 1.94. The molecule has 1 heterocycles. The van der Waals surface area contributed by atoms with Crippen LogP contribution >= 0.6 is 0 Å². The van der Waals surface area contributed by atoms with E-state index in [1.54, 1.807) is 5.01 Å². The van der Waals surface area contributed by atoms with Gasteiger partial charge in [0, 0.05) is 26.2 Å². The van der Waals surface area contributed by atoms with Crippen molar-refractivity contribution in [2.45, 2.75) is 0 Å². The molecule has 0 bridgehead atoms. The number of hydrogen-bond donors (Lipinski definition) is 2. The zero-order valence-corrected chi connectivity index (χ0v) is 6.58. The number of piperazine rings is 1. The van der Waals surface area contributed by atoms with Crippen LogP contribution in [0.4, 0.5) is 4.79 Å². The summed E-state index contributed by atoms with van der Waals surface area (Å²) in [6.07, 6.45) is -0.977. The van der Waals surface area contributed by atoms with Gasteiger partial charge < -0.3 is 10.0 Å². The van der Waals surface area contributed by atoms with E-state index < -0.39 is 6.09 Å². The number of nitrogens with zero attached hydrogens (tertiary/aromatic N) is 2. The van der Waals surface area contributed by atoms with Gasteiger partial charge in [0.15, 0.2) is 0 Å². The van der Waals surface area contributed by atoms with Crippen LogP contribution in [0.1, 0.15) is 0 Å². The van der Waals surface area contributed by atoms with Gasteiger partial charge in [0.25, 0.3) is 0 Å². The summed E-state index contributed by atoms with van der Waals surface area (Å²) in [5, 5.41) is 10.1. The van der Waals surface area contributed by atoms with Crippen molar-refractivity contribution in [1.82, 2.24) is 15.3 Å². The second-order valence-electron chi connectivity index (χ2n) is 2.71. The first-order chi connectivity index (χ1) is 5.18. The van der Waals surface area contributed by atoms with E-state index in [1.807, 2.05) is 7.05 Å². The van der Waals surface area contributed by atoms with Crippen molar-refractivity contribution >= 4 is 6.09 Å². The van der Waals surface area contributed by atoms with E-state index in [1.165, 1.54) is 0 Å². The average molecular weight is 159 g/mol. The molecule has 5 nitrogen and oxygen atoms in total. The first-order valence-corrected chi connectivity index (χ1v) is 3.61. The van der Waals surface area contributed by atoms with Crippen LogP contribution in [0.5, 0.6) is 0 Å². The Morgan fingerprint density at radius 2 is 1.91 bits per heavy atom. The van der Waals surface area contributed by atoms with E-state index in [0.29, 0.717) is 0 Å². The predicted octanol–water partition coefficient (Wildman–Crippen LogP) is -0.584. The molecule has 0 aromatic carbocycles. The maximum atomic E-state index is 10.2. The summed E-state index contributed by atoms with van der Waals surface area (Å²) in [7, 11) is 2.03. The number of nitrogens with one attached hydrogen (secondary N) is 1. The van der Waals surface area contributed by atoms with Crippen LogP contribution < -0.4 is 5.43 Å². The summed E-state index contributed by atoms with van der Waals surface area (Å²) in [5.41, 5.74) is 2.33. The fourth-order valence-electron chi connectivity index (χ4n) is 1.05. The molecule has 0 radical (unpaired) electrons. The summed E-state index contributed by atoms with van der Waals surface area (Å²) >= 11 is 0. The van der Waals surface area contributed by atoms with Crippen LogP contribution in [-0.4, -0.2) is 54.3 Å². The molecular formula is C6H13N3O2. The third-order valence-corrected chi connectivity index (χ3v) is 1.76. The van der Waals surface area contributed by atoms with Crippen molar-refractivity contribution in [3.05, 3.63) is 0 Å². The van der Waals surface area contributed by atoms with Gasteiger partial charge in [-0.2, -0.15) is 0 Å². The number of carbonyl (C=O) groups is 1. The van der Waals surface area contributed by atoms with E-state index in [-0.39, 0.29) is 0 Å². The van der Waals surface area contributed by atoms with Crippen LogP contribution in [0, 0.1) is 0 Å². The highest BCUT2D eigenvalue weighted by Gasteiger charge is 2.14. The fraction of sp³-hybridized carbons (Fsp3) is 0.833. The van der Waals surface area contributed by atoms with Crippen molar-refractivity contribution in [3.8, 4) is 0 Å². The molecule has 2 N–H and O–H groups in total. The minimum absolute atomic E-state index is 0.767. The van der Waals surface area contributed by atoms with Gasteiger partial charge in [0.2, 0.25) is 0 Å². The first kappa shape index (κ1) is 8.29. The van der Waals surface area contributed by atoms with Crippen molar-refractivity contribution in [3.63, 3.8) is 0 Å². The van der Waals surface area contributed by atoms with Crippen LogP contribution in [0.15, 0.2) is 0 Å². The van der Waals surface area contributed by atoms with Gasteiger partial charge in [-0.25, -0.2) is 9.80 Å². The van der Waals surface area contributed by atoms with Crippen LogP contribution in [0.25, 0.3) is 0 Å². The molecule has 1 rings (SSSR count). The van der Waals surface area contributed by atoms with Crippen molar-refractivity contribution in [2.75, 3.05) is 33.2 Å².